The number of unbranched alkanes of at least 4 members (excludes halogenated alkanes) is 1. The molecule has 210 valence electrons. The van der Waals surface area contributed by atoms with Gasteiger partial charge in [-0.1, -0.05) is 63.1 Å². The van der Waals surface area contributed by atoms with Crippen molar-refractivity contribution in [2.24, 2.45) is 0 Å². The van der Waals surface area contributed by atoms with Crippen molar-refractivity contribution in [1.29, 1.82) is 0 Å². The number of amides is 1. The molecule has 0 aliphatic carbocycles. The second-order valence-electron chi connectivity index (χ2n) is 11.9. The molecule has 3 aliphatic heterocycles. The molecule has 0 radical (unpaired) electrons. The van der Waals surface area contributed by atoms with Crippen molar-refractivity contribution < 1.29 is 24.2 Å². The van der Waals surface area contributed by atoms with E-state index in [4.69, 9.17) is 9.47 Å². The normalized spacial score (nSPS) is 25.4. The number of aliphatic hydroxyl groups is 1. The van der Waals surface area contributed by atoms with Crippen LogP contribution in [0.25, 0.3) is 43.6 Å². The van der Waals surface area contributed by atoms with Gasteiger partial charge in [0.2, 0.25) is 5.60 Å². The first-order valence-corrected chi connectivity index (χ1v) is 14.7. The predicted octanol–water partition coefficient (Wildman–Crippen LogP) is 5.99. The van der Waals surface area contributed by atoms with Crippen molar-refractivity contribution in [2.45, 2.75) is 83.1 Å². The van der Waals surface area contributed by atoms with E-state index in [-0.39, 0.29) is 18.4 Å². The zero-order chi connectivity index (χ0) is 28.3. The molecule has 1 amide bonds. The standard InChI is InChI=1S/C33H33N3O5/c1-4-6-11-18(5-2)40-31(38)33(39)16-24-35-22-14-9-7-12-19(22)26-27-21(17-34-30(27)37)25-20-13-8-10-15-23(20)36(29(25)28(26)35)32(33,3)41-24/h7-10,12-15,18,24,39H,4-6,11,16-17H2,1-3H3,(H,34,37)/t18?,24-,32+,33+/m0/s1. The topological polar surface area (TPSA) is 94.7 Å². The summed E-state index contributed by atoms with van der Waals surface area (Å²) in [5, 5.41) is 19.3. The van der Waals surface area contributed by atoms with Crippen LogP contribution in [0.4, 0.5) is 0 Å². The van der Waals surface area contributed by atoms with E-state index in [0.29, 0.717) is 18.5 Å². The van der Waals surface area contributed by atoms with Crippen LogP contribution in [0.2, 0.25) is 0 Å². The highest BCUT2D eigenvalue weighted by Crippen LogP contribution is 2.57. The second-order valence-corrected chi connectivity index (χ2v) is 11.9. The van der Waals surface area contributed by atoms with E-state index in [2.05, 4.69) is 16.8 Å². The van der Waals surface area contributed by atoms with Crippen LogP contribution in [0.1, 0.15) is 75.0 Å². The summed E-state index contributed by atoms with van der Waals surface area (Å²) < 4.78 is 17.0. The molecule has 0 spiro atoms. The molecule has 1 fully saturated rings. The number of para-hydroxylation sites is 2. The number of benzene rings is 3. The van der Waals surface area contributed by atoms with Crippen LogP contribution in [-0.2, 0) is 26.5 Å². The lowest BCUT2D eigenvalue weighted by molar-refractivity contribution is -0.209. The highest BCUT2D eigenvalue weighted by Gasteiger charge is 2.66. The number of carbonyl (C=O) groups excluding carboxylic acids is 2. The highest BCUT2D eigenvalue weighted by molar-refractivity contribution is 6.31. The van der Waals surface area contributed by atoms with Crippen molar-refractivity contribution in [1.82, 2.24) is 14.5 Å². The number of carbonyl (C=O) groups is 2. The lowest BCUT2D eigenvalue weighted by atomic mass is 9.88. The Balaban J connectivity index is 1.49. The van der Waals surface area contributed by atoms with E-state index in [0.717, 1.165) is 68.4 Å². The number of fused-ring (bicyclic) bond motifs is 13. The number of rotatable bonds is 6. The summed E-state index contributed by atoms with van der Waals surface area (Å²) in [6.07, 6.45) is 2.48. The number of aromatic nitrogens is 2. The van der Waals surface area contributed by atoms with Gasteiger partial charge in [-0.2, -0.15) is 0 Å². The van der Waals surface area contributed by atoms with Crippen LogP contribution < -0.4 is 5.32 Å². The van der Waals surface area contributed by atoms with Gasteiger partial charge < -0.3 is 29.0 Å². The summed E-state index contributed by atoms with van der Waals surface area (Å²) >= 11 is 0. The van der Waals surface area contributed by atoms with Gasteiger partial charge in [0.15, 0.2) is 5.72 Å². The monoisotopic (exact) mass is 551 g/mol. The number of hydrogen-bond acceptors (Lipinski definition) is 5. The maximum Gasteiger partial charge on any atom is 0.343 e. The molecule has 1 saturated heterocycles. The van der Waals surface area contributed by atoms with Crippen LogP contribution in [0, 0.1) is 0 Å². The maximum atomic E-state index is 14.1. The number of hydrogen-bond donors (Lipinski definition) is 2. The van der Waals surface area contributed by atoms with Crippen LogP contribution in [0.5, 0.6) is 0 Å². The zero-order valence-electron chi connectivity index (χ0n) is 23.5. The molecule has 8 heteroatoms. The van der Waals surface area contributed by atoms with Gasteiger partial charge in [-0.3, -0.25) is 4.79 Å². The first-order chi connectivity index (χ1) is 19.8. The number of esters is 1. The molecule has 8 rings (SSSR count). The molecule has 0 saturated carbocycles. The lowest BCUT2D eigenvalue weighted by Crippen LogP contribution is -2.57. The van der Waals surface area contributed by atoms with Crippen LogP contribution in [0.3, 0.4) is 0 Å². The predicted molar refractivity (Wildman–Crippen MR) is 157 cm³/mol. The van der Waals surface area contributed by atoms with Crippen molar-refractivity contribution in [3.8, 4) is 0 Å². The third-order valence-electron chi connectivity index (χ3n) is 9.78. The summed E-state index contributed by atoms with van der Waals surface area (Å²) in [4.78, 5) is 27.5. The fraction of sp³-hybridized carbons (Fsp3) is 0.394. The SMILES string of the molecule is CCCCC(CC)OC(=O)[C@]1(O)C[C@@H]2O[C@@]1(C)n1c3ccccc3c3c4c(c5c6ccccc6n2c5c31)C(=O)NC4. The highest BCUT2D eigenvalue weighted by atomic mass is 16.6. The lowest BCUT2D eigenvalue weighted by Gasteiger charge is -2.38. The molecular weight excluding hydrogens is 518 g/mol. The van der Waals surface area contributed by atoms with Crippen LogP contribution in [0.15, 0.2) is 48.5 Å². The van der Waals surface area contributed by atoms with Gasteiger partial charge in [0, 0.05) is 34.5 Å². The Bertz CT molecular complexity index is 1950. The minimum Gasteiger partial charge on any atom is -0.460 e. The van der Waals surface area contributed by atoms with Gasteiger partial charge in [-0.15, -0.1) is 0 Å². The largest absolute Gasteiger partial charge is 0.460 e. The average Bonchev–Trinajstić information content (AvgIpc) is 3.67. The molecule has 3 aromatic carbocycles. The Morgan fingerprint density at radius 1 is 1.10 bits per heavy atom. The number of nitrogens with one attached hydrogen (secondary N) is 1. The fourth-order valence-electron chi connectivity index (χ4n) is 7.75. The Morgan fingerprint density at radius 3 is 2.54 bits per heavy atom. The first-order valence-electron chi connectivity index (χ1n) is 14.7. The van der Waals surface area contributed by atoms with Gasteiger partial charge in [-0.05, 0) is 37.5 Å². The van der Waals surface area contributed by atoms with E-state index < -0.39 is 23.5 Å². The van der Waals surface area contributed by atoms with Crippen LogP contribution >= 0.6 is 0 Å². The molecule has 2 N–H and O–H groups in total. The molecular formula is C33H33N3O5. The van der Waals surface area contributed by atoms with E-state index in [1.807, 2.05) is 66.9 Å². The summed E-state index contributed by atoms with van der Waals surface area (Å²) in [6.45, 7) is 6.34. The van der Waals surface area contributed by atoms with Crippen molar-refractivity contribution in [2.75, 3.05) is 0 Å². The Hall–Kier alpha value is -3.88. The van der Waals surface area contributed by atoms with Crippen molar-refractivity contribution in [3.05, 3.63) is 59.7 Å². The van der Waals surface area contributed by atoms with E-state index in [9.17, 15) is 14.7 Å². The van der Waals surface area contributed by atoms with Gasteiger partial charge >= 0.3 is 5.97 Å². The molecule has 41 heavy (non-hydrogen) atoms. The van der Waals surface area contributed by atoms with Gasteiger partial charge in [-0.25, -0.2) is 4.79 Å². The maximum absolute atomic E-state index is 14.1. The summed E-state index contributed by atoms with van der Waals surface area (Å²) in [6, 6.07) is 16.0. The van der Waals surface area contributed by atoms with E-state index >= 15 is 0 Å². The second kappa shape index (κ2) is 8.33. The summed E-state index contributed by atoms with van der Waals surface area (Å²) in [5.41, 5.74) is 1.72. The third-order valence-corrected chi connectivity index (χ3v) is 9.78. The van der Waals surface area contributed by atoms with Gasteiger partial charge in [0.25, 0.3) is 5.91 Å². The van der Waals surface area contributed by atoms with Gasteiger partial charge in [0.1, 0.15) is 12.3 Å². The fourth-order valence-corrected chi connectivity index (χ4v) is 7.75. The smallest absolute Gasteiger partial charge is 0.343 e. The molecule has 5 heterocycles. The minimum atomic E-state index is -1.95. The Kier molecular flexibility index (Phi) is 5.06. The quantitative estimate of drug-likeness (QED) is 0.253. The third kappa shape index (κ3) is 2.91. The van der Waals surface area contributed by atoms with Crippen molar-refractivity contribution in [3.63, 3.8) is 0 Å². The van der Waals surface area contributed by atoms with E-state index in [1.54, 1.807) is 0 Å². The molecule has 2 bridgehead atoms. The first kappa shape index (κ1) is 24.9. The van der Waals surface area contributed by atoms with Crippen LogP contribution in [-0.4, -0.2) is 37.8 Å². The summed E-state index contributed by atoms with van der Waals surface area (Å²) in [5.74, 6) is -0.730. The molecule has 2 aromatic heterocycles. The average molecular weight is 552 g/mol. The molecule has 3 aliphatic rings. The number of ether oxygens (including phenoxy) is 2. The Morgan fingerprint density at radius 2 is 1.80 bits per heavy atom. The summed E-state index contributed by atoms with van der Waals surface area (Å²) in [7, 11) is 0. The van der Waals surface area contributed by atoms with Gasteiger partial charge in [0.05, 0.1) is 27.6 Å². The molecule has 1 unspecified atom stereocenters. The number of nitrogens with zero attached hydrogens (tertiary/aromatic N) is 2. The molecule has 8 nitrogen and oxygen atoms in total. The molecule has 5 aromatic rings. The van der Waals surface area contributed by atoms with Crippen molar-refractivity contribution >= 4 is 55.5 Å². The molecule has 4 atom stereocenters. The zero-order valence-corrected chi connectivity index (χ0v) is 23.5. The minimum absolute atomic E-state index is 0.0248. The van der Waals surface area contributed by atoms with E-state index in [1.165, 1.54) is 0 Å². The Labute approximate surface area is 236 Å².